The molecule has 0 aromatic heterocycles. The summed E-state index contributed by atoms with van der Waals surface area (Å²) in [7, 11) is 0. The number of aliphatic hydroxyl groups is 1. The molecule has 8 heteroatoms. The van der Waals surface area contributed by atoms with Crippen LogP contribution in [0.25, 0.3) is 0 Å². The molecule has 1 saturated heterocycles. The fourth-order valence-corrected chi connectivity index (χ4v) is 4.62. The molecule has 0 radical (unpaired) electrons. The van der Waals surface area contributed by atoms with E-state index in [1.807, 2.05) is 0 Å². The summed E-state index contributed by atoms with van der Waals surface area (Å²) in [6, 6.07) is -0.868. The lowest BCUT2D eigenvalue weighted by Gasteiger charge is -2.24. The Balaban J connectivity index is 1.72. The quantitative estimate of drug-likeness (QED) is 0.377. The van der Waals surface area contributed by atoms with E-state index in [9.17, 15) is 19.5 Å². The number of aliphatic carboxylic acids is 1. The number of carbonyl (C=O) groups excluding carboxylic acids is 2. The monoisotopic (exact) mass is 372 g/mol. The third kappa shape index (κ3) is 6.18. The summed E-state index contributed by atoms with van der Waals surface area (Å²) >= 11 is 1.56. The predicted molar refractivity (Wildman–Crippen MR) is 95.4 cm³/mol. The standard InChI is InChI=1S/C17H28N2O5S/c20-14(12-5-1-2-6-12)8-9-19-13(16(23)18-17(19)24)11-25-10-4-3-7-15(21)22/h12-14,20H,1-11H2,(H,21,22)(H,18,23,24)/t13-,14+/m0/s1. The SMILES string of the molecule is O=C(O)CCCCSC[C@H]1C(=O)NC(=O)N1CC[C@@H](O)C1CCCC1. The average molecular weight is 372 g/mol. The highest BCUT2D eigenvalue weighted by molar-refractivity contribution is 7.99. The number of carboxylic acid groups (broad SMARTS) is 1. The van der Waals surface area contributed by atoms with Crippen molar-refractivity contribution in [3.63, 3.8) is 0 Å². The van der Waals surface area contributed by atoms with Crippen LogP contribution in [0.15, 0.2) is 0 Å². The van der Waals surface area contributed by atoms with Crippen LogP contribution < -0.4 is 5.32 Å². The molecule has 1 heterocycles. The van der Waals surface area contributed by atoms with Gasteiger partial charge in [-0.2, -0.15) is 11.8 Å². The Morgan fingerprint density at radius 1 is 1.28 bits per heavy atom. The molecule has 0 bridgehead atoms. The minimum absolute atomic E-state index is 0.161. The number of carboxylic acids is 1. The third-order valence-electron chi connectivity index (χ3n) is 4.98. The summed E-state index contributed by atoms with van der Waals surface area (Å²) in [5, 5.41) is 21.2. The first-order valence-corrected chi connectivity index (χ1v) is 10.2. The molecule has 0 unspecified atom stereocenters. The molecule has 1 aliphatic carbocycles. The molecule has 0 aromatic rings. The Morgan fingerprint density at radius 2 is 2.00 bits per heavy atom. The maximum absolute atomic E-state index is 12.0. The van der Waals surface area contributed by atoms with Crippen LogP contribution in [0.5, 0.6) is 0 Å². The van der Waals surface area contributed by atoms with Gasteiger partial charge >= 0.3 is 12.0 Å². The van der Waals surface area contributed by atoms with E-state index in [2.05, 4.69) is 5.32 Å². The van der Waals surface area contributed by atoms with Crippen molar-refractivity contribution in [2.45, 2.75) is 63.5 Å². The molecule has 1 saturated carbocycles. The summed E-state index contributed by atoms with van der Waals surface area (Å²) in [6.45, 7) is 0.388. The van der Waals surface area contributed by atoms with Gasteiger partial charge in [0.15, 0.2) is 0 Å². The van der Waals surface area contributed by atoms with Gasteiger partial charge in [0.05, 0.1) is 6.10 Å². The number of thioether (sulfide) groups is 1. The first-order valence-electron chi connectivity index (χ1n) is 9.08. The van der Waals surface area contributed by atoms with Gasteiger partial charge in [-0.05, 0) is 43.8 Å². The van der Waals surface area contributed by atoms with Gasteiger partial charge < -0.3 is 15.1 Å². The number of nitrogens with one attached hydrogen (secondary N) is 1. The Kier molecular flexibility index (Phi) is 8.02. The molecule has 2 fully saturated rings. The van der Waals surface area contributed by atoms with E-state index in [4.69, 9.17) is 5.11 Å². The Labute approximate surface area is 152 Å². The minimum atomic E-state index is -0.794. The molecule has 142 valence electrons. The van der Waals surface area contributed by atoms with Crippen molar-refractivity contribution in [2.24, 2.45) is 5.92 Å². The van der Waals surface area contributed by atoms with E-state index in [1.54, 1.807) is 11.8 Å². The molecule has 25 heavy (non-hydrogen) atoms. The van der Waals surface area contributed by atoms with Crippen LogP contribution in [-0.2, 0) is 9.59 Å². The number of urea groups is 1. The predicted octanol–water partition coefficient (Wildman–Crippen LogP) is 1.84. The molecule has 2 aliphatic rings. The first kappa shape index (κ1) is 20.0. The van der Waals surface area contributed by atoms with Crippen LogP contribution in [0, 0.1) is 5.92 Å². The molecule has 2 atom stereocenters. The molecule has 0 aromatic carbocycles. The summed E-state index contributed by atoms with van der Waals surface area (Å²) in [5.74, 6) is 0.521. The van der Waals surface area contributed by atoms with Crippen molar-refractivity contribution < 1.29 is 24.6 Å². The molecular formula is C17H28N2O5S. The van der Waals surface area contributed by atoms with Crippen LogP contribution in [0.1, 0.15) is 51.4 Å². The molecule has 3 amide bonds. The van der Waals surface area contributed by atoms with Crippen molar-refractivity contribution in [1.29, 1.82) is 0 Å². The van der Waals surface area contributed by atoms with Crippen LogP contribution in [0.3, 0.4) is 0 Å². The van der Waals surface area contributed by atoms with Gasteiger partial charge in [-0.25, -0.2) is 4.79 Å². The lowest BCUT2D eigenvalue weighted by Crippen LogP contribution is -2.39. The zero-order valence-corrected chi connectivity index (χ0v) is 15.3. The van der Waals surface area contributed by atoms with Crippen molar-refractivity contribution in [3.05, 3.63) is 0 Å². The number of hydrogen-bond donors (Lipinski definition) is 3. The first-order chi connectivity index (χ1) is 12.0. The van der Waals surface area contributed by atoms with E-state index in [0.717, 1.165) is 37.9 Å². The van der Waals surface area contributed by atoms with Gasteiger partial charge in [-0.15, -0.1) is 0 Å². The largest absolute Gasteiger partial charge is 0.481 e. The number of rotatable bonds is 11. The highest BCUT2D eigenvalue weighted by Crippen LogP contribution is 2.29. The second-order valence-corrected chi connectivity index (χ2v) is 7.98. The highest BCUT2D eigenvalue weighted by atomic mass is 32.2. The molecule has 3 N–H and O–H groups in total. The zero-order valence-electron chi connectivity index (χ0n) is 14.5. The molecule has 2 rings (SSSR count). The van der Waals surface area contributed by atoms with Gasteiger partial charge in [0.2, 0.25) is 0 Å². The third-order valence-corrected chi connectivity index (χ3v) is 6.11. The van der Waals surface area contributed by atoms with Gasteiger partial charge in [-0.1, -0.05) is 12.8 Å². The van der Waals surface area contributed by atoms with Crippen LogP contribution in [0.4, 0.5) is 4.79 Å². The van der Waals surface area contributed by atoms with Crippen LogP contribution in [-0.4, -0.2) is 63.2 Å². The number of imide groups is 1. The van der Waals surface area contributed by atoms with Gasteiger partial charge in [0.1, 0.15) is 6.04 Å². The van der Waals surface area contributed by atoms with E-state index in [0.29, 0.717) is 31.1 Å². The lowest BCUT2D eigenvalue weighted by molar-refractivity contribution is -0.137. The molecule has 0 spiro atoms. The van der Waals surface area contributed by atoms with E-state index in [1.165, 1.54) is 4.90 Å². The Hall–Kier alpha value is -1.28. The number of hydrogen-bond acceptors (Lipinski definition) is 5. The summed E-state index contributed by atoms with van der Waals surface area (Å²) in [6.07, 6.45) is 6.06. The van der Waals surface area contributed by atoms with Crippen molar-refractivity contribution >= 4 is 29.7 Å². The minimum Gasteiger partial charge on any atom is -0.481 e. The fourth-order valence-electron chi connectivity index (χ4n) is 3.49. The molecule has 7 nitrogen and oxygen atoms in total. The molecular weight excluding hydrogens is 344 g/mol. The topological polar surface area (TPSA) is 107 Å². The highest BCUT2D eigenvalue weighted by Gasteiger charge is 2.38. The van der Waals surface area contributed by atoms with Crippen molar-refractivity contribution in [1.82, 2.24) is 10.2 Å². The maximum atomic E-state index is 12.0. The number of nitrogens with zero attached hydrogens (tertiary/aromatic N) is 1. The smallest absolute Gasteiger partial charge is 0.324 e. The zero-order chi connectivity index (χ0) is 18.2. The number of amides is 3. The van der Waals surface area contributed by atoms with Crippen LogP contribution in [0.2, 0.25) is 0 Å². The second kappa shape index (κ2) is 10.0. The van der Waals surface area contributed by atoms with Gasteiger partial charge in [0, 0.05) is 18.7 Å². The molecule has 1 aliphatic heterocycles. The Morgan fingerprint density at radius 3 is 2.68 bits per heavy atom. The summed E-state index contributed by atoms with van der Waals surface area (Å²) in [4.78, 5) is 35.9. The van der Waals surface area contributed by atoms with Crippen molar-refractivity contribution in [2.75, 3.05) is 18.1 Å². The Bertz CT molecular complexity index is 482. The second-order valence-electron chi connectivity index (χ2n) is 6.83. The average Bonchev–Trinajstić information content (AvgIpc) is 3.17. The number of unbranched alkanes of at least 4 members (excludes halogenated alkanes) is 1. The number of aliphatic hydroxyl groups excluding tert-OH is 1. The fraction of sp³-hybridized carbons (Fsp3) is 0.824. The van der Waals surface area contributed by atoms with E-state index in [-0.39, 0.29) is 18.4 Å². The van der Waals surface area contributed by atoms with E-state index >= 15 is 0 Å². The summed E-state index contributed by atoms with van der Waals surface area (Å²) < 4.78 is 0. The van der Waals surface area contributed by atoms with Gasteiger partial charge in [-0.3, -0.25) is 14.9 Å². The van der Waals surface area contributed by atoms with Crippen LogP contribution >= 0.6 is 11.8 Å². The maximum Gasteiger partial charge on any atom is 0.324 e. The summed E-state index contributed by atoms with van der Waals surface area (Å²) in [5.41, 5.74) is 0. The van der Waals surface area contributed by atoms with Crippen molar-refractivity contribution in [3.8, 4) is 0 Å². The van der Waals surface area contributed by atoms with E-state index < -0.39 is 18.1 Å². The number of carbonyl (C=O) groups is 3. The van der Waals surface area contributed by atoms with Gasteiger partial charge in [0.25, 0.3) is 5.91 Å². The normalized spacial score (nSPS) is 22.4. The lowest BCUT2D eigenvalue weighted by atomic mass is 9.98.